The first-order chi connectivity index (χ1) is 10.3. The monoisotopic (exact) mass is 282 g/mol. The molecule has 0 radical (unpaired) electrons. The van der Waals surface area contributed by atoms with Crippen LogP contribution >= 0.6 is 0 Å². The Morgan fingerprint density at radius 2 is 2.05 bits per heavy atom. The van der Waals surface area contributed by atoms with Crippen molar-refractivity contribution in [2.45, 2.75) is 13.1 Å². The van der Waals surface area contributed by atoms with Gasteiger partial charge in [-0.05, 0) is 12.1 Å². The highest BCUT2D eigenvalue weighted by atomic mass is 16.5. The minimum absolute atomic E-state index is 0.600. The van der Waals surface area contributed by atoms with Crippen molar-refractivity contribution < 1.29 is 4.74 Å². The van der Waals surface area contributed by atoms with Crippen LogP contribution in [0.5, 0.6) is 5.88 Å². The molecule has 7 nitrogen and oxygen atoms in total. The lowest BCUT2D eigenvalue weighted by Gasteiger charge is -2.27. The number of anilines is 1. The van der Waals surface area contributed by atoms with Gasteiger partial charge in [-0.25, -0.2) is 14.6 Å². The van der Waals surface area contributed by atoms with Crippen molar-refractivity contribution in [1.29, 1.82) is 0 Å². The number of fused-ring (bicyclic) bond motifs is 2. The van der Waals surface area contributed by atoms with Gasteiger partial charge in [0.25, 0.3) is 0 Å². The van der Waals surface area contributed by atoms with E-state index in [0.29, 0.717) is 18.4 Å². The van der Waals surface area contributed by atoms with E-state index >= 15 is 0 Å². The van der Waals surface area contributed by atoms with Crippen molar-refractivity contribution in [1.82, 2.24) is 24.7 Å². The lowest BCUT2D eigenvalue weighted by Crippen LogP contribution is -2.35. The standard InChI is InChI=1S/C14H14N6O/c1-21-13-10-4-2-3-5-11(10)17-14(18-13)19-6-7-20-12(8-19)15-9-16-20/h2-5,9H,6-8H2,1H3. The maximum atomic E-state index is 5.40. The van der Waals surface area contributed by atoms with Gasteiger partial charge in [-0.15, -0.1) is 0 Å². The van der Waals surface area contributed by atoms with Gasteiger partial charge < -0.3 is 9.64 Å². The summed E-state index contributed by atoms with van der Waals surface area (Å²) >= 11 is 0. The molecule has 0 bridgehead atoms. The summed E-state index contributed by atoms with van der Waals surface area (Å²) in [6.45, 7) is 2.24. The van der Waals surface area contributed by atoms with Crippen molar-refractivity contribution in [3.63, 3.8) is 0 Å². The first kappa shape index (κ1) is 12.1. The van der Waals surface area contributed by atoms with Crippen LogP contribution in [0.15, 0.2) is 30.6 Å². The van der Waals surface area contributed by atoms with Gasteiger partial charge in [-0.3, -0.25) is 0 Å². The van der Waals surface area contributed by atoms with Crippen LogP contribution in [0.2, 0.25) is 0 Å². The van der Waals surface area contributed by atoms with Crippen LogP contribution in [0.1, 0.15) is 5.82 Å². The van der Waals surface area contributed by atoms with Gasteiger partial charge in [0.05, 0.1) is 31.1 Å². The molecule has 3 heterocycles. The predicted molar refractivity (Wildman–Crippen MR) is 77.2 cm³/mol. The first-order valence-electron chi connectivity index (χ1n) is 6.77. The number of rotatable bonds is 2. The molecule has 0 spiro atoms. The second kappa shape index (κ2) is 4.69. The summed E-state index contributed by atoms with van der Waals surface area (Å²) in [4.78, 5) is 15.5. The maximum absolute atomic E-state index is 5.40. The van der Waals surface area contributed by atoms with E-state index in [1.54, 1.807) is 13.4 Å². The average molecular weight is 282 g/mol. The van der Waals surface area contributed by atoms with Gasteiger partial charge >= 0.3 is 0 Å². The Bertz CT molecular complexity index is 799. The zero-order valence-electron chi connectivity index (χ0n) is 11.6. The van der Waals surface area contributed by atoms with Crippen LogP contribution in [0.4, 0.5) is 5.95 Å². The molecule has 0 saturated carbocycles. The highest BCUT2D eigenvalue weighted by Gasteiger charge is 2.21. The quantitative estimate of drug-likeness (QED) is 0.704. The summed E-state index contributed by atoms with van der Waals surface area (Å²) < 4.78 is 7.31. The molecule has 2 aromatic heterocycles. The second-order valence-electron chi connectivity index (χ2n) is 4.87. The van der Waals surface area contributed by atoms with Crippen molar-refractivity contribution in [2.24, 2.45) is 0 Å². The Balaban J connectivity index is 1.77. The highest BCUT2D eigenvalue weighted by Crippen LogP contribution is 2.26. The Morgan fingerprint density at radius 1 is 1.14 bits per heavy atom. The fourth-order valence-corrected chi connectivity index (χ4v) is 2.57. The molecule has 0 unspecified atom stereocenters. The number of ether oxygens (including phenoxy) is 1. The van der Waals surface area contributed by atoms with Crippen LogP contribution in [0.3, 0.4) is 0 Å². The molecule has 106 valence electrons. The first-order valence-corrected chi connectivity index (χ1v) is 6.77. The Morgan fingerprint density at radius 3 is 2.95 bits per heavy atom. The number of hydrogen-bond donors (Lipinski definition) is 0. The molecule has 21 heavy (non-hydrogen) atoms. The third kappa shape index (κ3) is 1.97. The predicted octanol–water partition coefficient (Wildman–Crippen LogP) is 1.25. The minimum atomic E-state index is 0.600. The molecule has 0 atom stereocenters. The fraction of sp³-hybridized carbons (Fsp3) is 0.286. The van der Waals surface area contributed by atoms with Gasteiger partial charge in [-0.2, -0.15) is 10.1 Å². The van der Waals surface area contributed by atoms with E-state index in [1.165, 1.54) is 0 Å². The highest BCUT2D eigenvalue weighted by molar-refractivity contribution is 5.84. The van der Waals surface area contributed by atoms with E-state index < -0.39 is 0 Å². The molecule has 1 aromatic carbocycles. The van der Waals surface area contributed by atoms with Gasteiger partial charge in [-0.1, -0.05) is 12.1 Å². The van der Waals surface area contributed by atoms with Crippen LogP contribution in [-0.2, 0) is 13.1 Å². The molecule has 3 aromatic rings. The zero-order valence-corrected chi connectivity index (χ0v) is 11.6. The summed E-state index contributed by atoms with van der Waals surface area (Å²) in [5.41, 5.74) is 0.881. The number of aromatic nitrogens is 5. The number of nitrogens with zero attached hydrogens (tertiary/aromatic N) is 6. The van der Waals surface area contributed by atoms with Crippen LogP contribution < -0.4 is 9.64 Å². The largest absolute Gasteiger partial charge is 0.480 e. The summed E-state index contributed by atoms with van der Waals surface area (Å²) in [6.07, 6.45) is 1.58. The molecular formula is C14H14N6O. The molecule has 0 fully saturated rings. The second-order valence-corrected chi connectivity index (χ2v) is 4.87. The lowest BCUT2D eigenvalue weighted by atomic mass is 10.2. The van der Waals surface area contributed by atoms with E-state index in [0.717, 1.165) is 29.8 Å². The Labute approximate surface area is 121 Å². The molecule has 1 aliphatic heterocycles. The van der Waals surface area contributed by atoms with Crippen LogP contribution in [0.25, 0.3) is 10.9 Å². The van der Waals surface area contributed by atoms with Crippen LogP contribution in [0, 0.1) is 0 Å². The molecule has 0 aliphatic carbocycles. The summed E-state index contributed by atoms with van der Waals surface area (Å²) in [5.74, 6) is 2.19. The number of methoxy groups -OCH3 is 1. The van der Waals surface area contributed by atoms with E-state index in [1.807, 2.05) is 28.9 Å². The molecule has 7 heteroatoms. The van der Waals surface area contributed by atoms with Gasteiger partial charge in [0.1, 0.15) is 12.2 Å². The van der Waals surface area contributed by atoms with Crippen molar-refractivity contribution in [3.05, 3.63) is 36.4 Å². The summed E-state index contributed by atoms with van der Waals surface area (Å²) in [6, 6.07) is 7.85. The Kier molecular flexibility index (Phi) is 2.70. The van der Waals surface area contributed by atoms with E-state index in [9.17, 15) is 0 Å². The minimum Gasteiger partial charge on any atom is -0.480 e. The zero-order chi connectivity index (χ0) is 14.2. The molecule has 0 N–H and O–H groups in total. The third-order valence-electron chi connectivity index (χ3n) is 3.64. The van der Waals surface area contributed by atoms with Gasteiger partial charge in [0, 0.05) is 6.54 Å². The normalized spacial score (nSPS) is 14.2. The SMILES string of the molecule is COc1nc(N2CCn3ncnc3C2)nc2ccccc12. The lowest BCUT2D eigenvalue weighted by molar-refractivity contribution is 0.401. The number of benzene rings is 1. The smallest absolute Gasteiger partial charge is 0.229 e. The van der Waals surface area contributed by atoms with Crippen molar-refractivity contribution >= 4 is 16.9 Å². The number of para-hydroxylation sites is 1. The topological polar surface area (TPSA) is 69.0 Å². The third-order valence-corrected chi connectivity index (χ3v) is 3.64. The molecule has 4 rings (SSSR count). The van der Waals surface area contributed by atoms with E-state index in [-0.39, 0.29) is 0 Å². The molecule has 1 aliphatic rings. The fourth-order valence-electron chi connectivity index (χ4n) is 2.57. The molecule has 0 saturated heterocycles. The van der Waals surface area contributed by atoms with E-state index in [2.05, 4.69) is 25.0 Å². The average Bonchev–Trinajstić information content (AvgIpc) is 3.01. The Hall–Kier alpha value is -2.70. The molecular weight excluding hydrogens is 268 g/mol. The van der Waals surface area contributed by atoms with Crippen LogP contribution in [-0.4, -0.2) is 38.4 Å². The van der Waals surface area contributed by atoms with E-state index in [4.69, 9.17) is 4.74 Å². The number of hydrogen-bond acceptors (Lipinski definition) is 6. The summed E-state index contributed by atoms with van der Waals surface area (Å²) in [5, 5.41) is 5.10. The maximum Gasteiger partial charge on any atom is 0.229 e. The summed E-state index contributed by atoms with van der Waals surface area (Å²) in [7, 11) is 1.63. The van der Waals surface area contributed by atoms with Crippen molar-refractivity contribution in [2.75, 3.05) is 18.6 Å². The van der Waals surface area contributed by atoms with Crippen molar-refractivity contribution in [3.8, 4) is 5.88 Å². The molecule has 0 amide bonds. The van der Waals surface area contributed by atoms with Gasteiger partial charge in [0.15, 0.2) is 0 Å². The van der Waals surface area contributed by atoms with Gasteiger partial charge in [0.2, 0.25) is 11.8 Å².